The Labute approximate surface area is 83.1 Å². The van der Waals surface area contributed by atoms with Crippen molar-refractivity contribution in [1.29, 1.82) is 0 Å². The second-order valence-electron chi connectivity index (χ2n) is 4.43. The molecule has 0 aliphatic heterocycles. The van der Waals surface area contributed by atoms with Gasteiger partial charge < -0.3 is 11.5 Å². The van der Waals surface area contributed by atoms with Gasteiger partial charge in [0.05, 0.1) is 5.66 Å². The van der Waals surface area contributed by atoms with Gasteiger partial charge in [-0.25, -0.2) is 0 Å². The minimum atomic E-state index is -0.452. The molecule has 0 amide bonds. The van der Waals surface area contributed by atoms with Crippen LogP contribution < -0.4 is 11.5 Å². The lowest BCUT2D eigenvalue weighted by Crippen LogP contribution is -2.53. The van der Waals surface area contributed by atoms with Crippen molar-refractivity contribution in [2.24, 2.45) is 17.4 Å². The quantitative estimate of drug-likeness (QED) is 0.474. The maximum absolute atomic E-state index is 5.95. The van der Waals surface area contributed by atoms with Gasteiger partial charge in [0.25, 0.3) is 0 Å². The van der Waals surface area contributed by atoms with E-state index in [4.69, 9.17) is 11.5 Å². The topological polar surface area (TPSA) is 52.0 Å². The van der Waals surface area contributed by atoms with Crippen LogP contribution in [0.4, 0.5) is 0 Å². The van der Waals surface area contributed by atoms with Gasteiger partial charge in [-0.3, -0.25) is 0 Å². The Hall–Kier alpha value is -0.0800. The van der Waals surface area contributed by atoms with Crippen molar-refractivity contribution in [2.75, 3.05) is 0 Å². The molecule has 2 nitrogen and oxygen atoms in total. The van der Waals surface area contributed by atoms with E-state index in [-0.39, 0.29) is 0 Å². The summed E-state index contributed by atoms with van der Waals surface area (Å²) in [4.78, 5) is 0. The van der Waals surface area contributed by atoms with E-state index in [1.165, 1.54) is 32.1 Å². The summed E-state index contributed by atoms with van der Waals surface area (Å²) in [5.74, 6) is 0.374. The minimum absolute atomic E-state index is 0.374. The third-order valence-corrected chi connectivity index (χ3v) is 2.79. The first kappa shape index (κ1) is 12.9. The van der Waals surface area contributed by atoms with Crippen LogP contribution in [0.25, 0.3) is 0 Å². The average molecular weight is 186 g/mol. The van der Waals surface area contributed by atoms with Crippen molar-refractivity contribution in [3.8, 4) is 0 Å². The Morgan fingerprint density at radius 2 is 1.54 bits per heavy atom. The smallest absolute Gasteiger partial charge is 0.0660 e. The minimum Gasteiger partial charge on any atom is -0.313 e. The summed E-state index contributed by atoms with van der Waals surface area (Å²) in [6.07, 6.45) is 7.35. The fourth-order valence-electron chi connectivity index (χ4n) is 1.32. The van der Waals surface area contributed by atoms with Gasteiger partial charge in [0.1, 0.15) is 0 Å². The number of hydrogen-bond acceptors (Lipinski definition) is 2. The van der Waals surface area contributed by atoms with Crippen LogP contribution in [0, 0.1) is 5.92 Å². The van der Waals surface area contributed by atoms with Crippen LogP contribution in [-0.2, 0) is 0 Å². The molecule has 13 heavy (non-hydrogen) atoms. The van der Waals surface area contributed by atoms with Gasteiger partial charge in [-0.15, -0.1) is 0 Å². The highest BCUT2D eigenvalue weighted by molar-refractivity contribution is 4.79. The van der Waals surface area contributed by atoms with Crippen molar-refractivity contribution in [3.63, 3.8) is 0 Å². The monoisotopic (exact) mass is 186 g/mol. The van der Waals surface area contributed by atoms with Crippen LogP contribution in [0.2, 0.25) is 0 Å². The van der Waals surface area contributed by atoms with Crippen molar-refractivity contribution >= 4 is 0 Å². The standard InChI is InChI=1S/C11H26N2/c1-4-5-6-7-8-9-11(12,13)10(2)3/h10H,4-9,12-13H2,1-3H3. The summed E-state index contributed by atoms with van der Waals surface area (Å²) >= 11 is 0. The first-order valence-corrected chi connectivity index (χ1v) is 5.58. The summed E-state index contributed by atoms with van der Waals surface area (Å²) in [7, 11) is 0. The molecule has 0 fully saturated rings. The normalized spacial score (nSPS) is 12.5. The van der Waals surface area contributed by atoms with Crippen LogP contribution >= 0.6 is 0 Å². The Morgan fingerprint density at radius 3 is 2.00 bits per heavy atom. The highest BCUT2D eigenvalue weighted by atomic mass is 15.0. The molecule has 80 valence electrons. The molecule has 0 aromatic rings. The summed E-state index contributed by atoms with van der Waals surface area (Å²) in [5, 5.41) is 0. The van der Waals surface area contributed by atoms with Crippen molar-refractivity contribution < 1.29 is 0 Å². The van der Waals surface area contributed by atoms with Gasteiger partial charge in [0.15, 0.2) is 0 Å². The van der Waals surface area contributed by atoms with Gasteiger partial charge in [-0.1, -0.05) is 52.9 Å². The van der Waals surface area contributed by atoms with Crippen LogP contribution in [0.5, 0.6) is 0 Å². The highest BCUT2D eigenvalue weighted by Gasteiger charge is 2.22. The van der Waals surface area contributed by atoms with Crippen molar-refractivity contribution in [2.45, 2.75) is 65.0 Å². The number of hydrogen-bond donors (Lipinski definition) is 2. The molecule has 0 aromatic heterocycles. The second kappa shape index (κ2) is 6.39. The van der Waals surface area contributed by atoms with Crippen LogP contribution in [0.1, 0.15) is 59.3 Å². The lowest BCUT2D eigenvalue weighted by atomic mass is 9.92. The molecule has 0 rings (SSSR count). The van der Waals surface area contributed by atoms with Crippen LogP contribution in [-0.4, -0.2) is 5.66 Å². The SMILES string of the molecule is CCCCCCCC(N)(N)C(C)C. The Balaban J connectivity index is 3.41. The van der Waals surface area contributed by atoms with E-state index in [2.05, 4.69) is 20.8 Å². The molecule has 0 aromatic carbocycles. The maximum Gasteiger partial charge on any atom is 0.0660 e. The molecule has 0 spiro atoms. The Bertz CT molecular complexity index is 119. The van der Waals surface area contributed by atoms with E-state index in [0.717, 1.165) is 6.42 Å². The number of rotatable bonds is 7. The third-order valence-electron chi connectivity index (χ3n) is 2.79. The maximum atomic E-state index is 5.95. The zero-order valence-electron chi connectivity index (χ0n) is 9.47. The van der Waals surface area contributed by atoms with Crippen molar-refractivity contribution in [1.82, 2.24) is 0 Å². The molecular formula is C11H26N2. The zero-order valence-corrected chi connectivity index (χ0v) is 9.47. The predicted octanol–water partition coefficient (Wildman–Crippen LogP) is 2.62. The fourth-order valence-corrected chi connectivity index (χ4v) is 1.32. The van der Waals surface area contributed by atoms with Crippen LogP contribution in [0.15, 0.2) is 0 Å². The molecule has 0 saturated heterocycles. The molecule has 0 heterocycles. The molecule has 2 heteroatoms. The molecule has 0 bridgehead atoms. The van der Waals surface area contributed by atoms with E-state index in [0.29, 0.717) is 5.92 Å². The molecule has 0 aliphatic carbocycles. The lowest BCUT2D eigenvalue weighted by Gasteiger charge is -2.28. The molecule has 0 saturated carbocycles. The molecule has 0 aliphatic rings. The van der Waals surface area contributed by atoms with E-state index < -0.39 is 5.66 Å². The van der Waals surface area contributed by atoms with Gasteiger partial charge >= 0.3 is 0 Å². The van der Waals surface area contributed by atoms with E-state index >= 15 is 0 Å². The predicted molar refractivity (Wildman–Crippen MR) is 59.3 cm³/mol. The summed E-state index contributed by atoms with van der Waals surface area (Å²) in [6.45, 7) is 6.41. The zero-order chi connectivity index (χ0) is 10.3. The van der Waals surface area contributed by atoms with E-state index in [9.17, 15) is 0 Å². The van der Waals surface area contributed by atoms with E-state index in [1.54, 1.807) is 0 Å². The van der Waals surface area contributed by atoms with Gasteiger partial charge in [-0.05, 0) is 12.3 Å². The fraction of sp³-hybridized carbons (Fsp3) is 1.00. The molecule has 0 atom stereocenters. The lowest BCUT2D eigenvalue weighted by molar-refractivity contribution is 0.287. The second-order valence-corrected chi connectivity index (χ2v) is 4.43. The molecule has 0 radical (unpaired) electrons. The van der Waals surface area contributed by atoms with Gasteiger partial charge in [0.2, 0.25) is 0 Å². The Morgan fingerprint density at radius 1 is 1.00 bits per heavy atom. The van der Waals surface area contributed by atoms with Gasteiger partial charge in [0, 0.05) is 0 Å². The summed E-state index contributed by atoms with van der Waals surface area (Å²) < 4.78 is 0. The van der Waals surface area contributed by atoms with Gasteiger partial charge in [-0.2, -0.15) is 0 Å². The highest BCUT2D eigenvalue weighted by Crippen LogP contribution is 2.16. The average Bonchev–Trinajstić information content (AvgIpc) is 2.03. The summed E-state index contributed by atoms with van der Waals surface area (Å²) in [5.41, 5.74) is 11.5. The number of nitrogens with two attached hydrogens (primary N) is 2. The first-order valence-electron chi connectivity index (χ1n) is 5.58. The molecular weight excluding hydrogens is 160 g/mol. The molecule has 4 N–H and O–H groups in total. The largest absolute Gasteiger partial charge is 0.313 e. The molecule has 0 unspecified atom stereocenters. The van der Waals surface area contributed by atoms with E-state index in [1.807, 2.05) is 0 Å². The first-order chi connectivity index (χ1) is 6.00. The third kappa shape index (κ3) is 6.05. The Kier molecular flexibility index (Phi) is 6.35. The van der Waals surface area contributed by atoms with Crippen molar-refractivity contribution in [3.05, 3.63) is 0 Å². The van der Waals surface area contributed by atoms with Crippen LogP contribution in [0.3, 0.4) is 0 Å². The summed E-state index contributed by atoms with van der Waals surface area (Å²) in [6, 6.07) is 0. The number of unbranched alkanes of at least 4 members (excludes halogenated alkanes) is 4.